The summed E-state index contributed by atoms with van der Waals surface area (Å²) in [4.78, 5) is 226. The number of guanidine groups is 2. The Labute approximate surface area is 699 Å². The lowest BCUT2D eigenvalue weighted by Gasteiger charge is -2.32. The quantitative estimate of drug-likeness (QED) is 0.0116. The second-order valence-electron chi connectivity index (χ2n) is 32.2. The van der Waals surface area contributed by atoms with E-state index in [1.165, 1.54) is 62.5 Å². The van der Waals surface area contributed by atoms with Gasteiger partial charge in [-0.3, -0.25) is 87.9 Å². The molecule has 0 unspecified atom stereocenters. The van der Waals surface area contributed by atoms with Crippen LogP contribution in [0.15, 0.2) is 54.0 Å². The fourth-order valence-corrected chi connectivity index (χ4v) is 16.9. The summed E-state index contributed by atoms with van der Waals surface area (Å²) in [6, 6.07) is -9.86. The molecule has 7 aliphatic heterocycles. The van der Waals surface area contributed by atoms with Crippen LogP contribution in [-0.2, 0) is 70.5 Å². The molecule has 7 aliphatic rings. The first-order valence-electron chi connectivity index (χ1n) is 40.7. The minimum Gasteiger partial charge on any atom is -0.508 e. The van der Waals surface area contributed by atoms with Crippen molar-refractivity contribution in [3.63, 3.8) is 0 Å². The number of nitrogen functional groups attached to an aromatic ring is 1. The van der Waals surface area contributed by atoms with Crippen molar-refractivity contribution in [2.45, 2.75) is 199 Å². The highest BCUT2D eigenvalue weighted by Gasteiger charge is 2.51. The van der Waals surface area contributed by atoms with Gasteiger partial charge in [-0.15, -0.1) is 0 Å². The maximum Gasteiger partial charge on any atom is 0.278 e. The van der Waals surface area contributed by atoms with Crippen LogP contribution in [0.2, 0.25) is 0 Å². The number of benzene rings is 1. The first-order chi connectivity index (χ1) is 58.2. The second-order valence-corrected chi connectivity index (χ2v) is 32.2. The molecule has 7 fully saturated rings. The van der Waals surface area contributed by atoms with Crippen LogP contribution in [0, 0.1) is 10.8 Å². The molecule has 0 saturated carbocycles. The molecule has 13 amide bonds. The number of aromatic nitrogens is 6. The maximum atomic E-state index is 15.3. The van der Waals surface area contributed by atoms with Gasteiger partial charge in [-0.25, -0.2) is 9.97 Å². The lowest BCUT2D eigenvalue weighted by Crippen LogP contribution is -2.58. The van der Waals surface area contributed by atoms with Crippen molar-refractivity contribution >= 4 is 106 Å². The molecule has 0 spiro atoms. The van der Waals surface area contributed by atoms with Gasteiger partial charge in [0.15, 0.2) is 23.1 Å². The van der Waals surface area contributed by atoms with Crippen LogP contribution in [0.25, 0.3) is 11.2 Å². The van der Waals surface area contributed by atoms with Crippen molar-refractivity contribution in [2.24, 2.45) is 45.9 Å². The summed E-state index contributed by atoms with van der Waals surface area (Å²) in [6.45, 7) is -2.01. The molecule has 32 N–H and O–H groups in total. The number of amides is 13. The zero-order chi connectivity index (χ0) is 87.9. The topological polar surface area (TPSA) is 753 Å². The Morgan fingerprint density at radius 3 is 1.57 bits per heavy atom. The number of carbonyl (C=O) groups is 13. The molecule has 122 heavy (non-hydrogen) atoms. The summed E-state index contributed by atoms with van der Waals surface area (Å²) in [7, 11) is 0. The smallest absolute Gasteiger partial charge is 0.278 e. The van der Waals surface area contributed by atoms with Crippen molar-refractivity contribution in [1.82, 2.24) is 112 Å². The number of phenols is 1. The molecule has 11 rings (SSSR count). The van der Waals surface area contributed by atoms with Gasteiger partial charge in [-0.05, 0) is 101 Å². The van der Waals surface area contributed by atoms with E-state index in [2.05, 4.69) is 78.1 Å². The molecule has 10 heterocycles. The number of rotatable bonds is 35. The predicted molar refractivity (Wildman–Crippen MR) is 435 cm³/mol. The molecule has 4 aromatic rings. The number of hydrogen-bond acceptors (Lipinski definition) is 29. The van der Waals surface area contributed by atoms with E-state index < -0.39 is 193 Å². The van der Waals surface area contributed by atoms with Gasteiger partial charge in [0.1, 0.15) is 66.3 Å². The number of aromatic amines is 1. The molecule has 17 atom stereocenters. The molecule has 3 aromatic heterocycles. The number of anilines is 1. The van der Waals surface area contributed by atoms with Crippen LogP contribution in [0.4, 0.5) is 5.95 Å². The number of primary amides is 1. The summed E-state index contributed by atoms with van der Waals surface area (Å²) in [5.41, 5.74) is 54.4. The minimum atomic E-state index is -1.53. The second kappa shape index (κ2) is 40.8. The lowest BCUT2D eigenvalue weighted by molar-refractivity contribution is -0.147. The van der Waals surface area contributed by atoms with Crippen molar-refractivity contribution in [3.8, 4) is 5.75 Å². The van der Waals surface area contributed by atoms with E-state index in [1.54, 1.807) is 0 Å². The molecular weight excluding hydrogens is 1590 g/mol. The molecule has 7 saturated heterocycles. The molecule has 0 bridgehead atoms. The van der Waals surface area contributed by atoms with Gasteiger partial charge in [0.2, 0.25) is 76.8 Å². The predicted octanol–water partition coefficient (Wildman–Crippen LogP) is -11.7. The largest absolute Gasteiger partial charge is 0.508 e. The summed E-state index contributed by atoms with van der Waals surface area (Å²) in [6.07, 6.45) is 5.78. The third-order valence-electron chi connectivity index (χ3n) is 22.9. The molecular formula is C74H111N33O15. The third kappa shape index (κ3) is 23.0. The number of unbranched alkanes of at least 4 members (excludes halogenated alkanes) is 2. The minimum absolute atomic E-state index is 0.00453. The average Bonchev–Trinajstić information content (AvgIpc) is 1.64. The number of likely N-dealkylation sites (tertiary alicyclic amines) is 5. The highest BCUT2D eigenvalue weighted by Crippen LogP contribution is 2.30. The molecule has 48 heteroatoms. The van der Waals surface area contributed by atoms with Crippen molar-refractivity contribution < 1.29 is 67.4 Å². The van der Waals surface area contributed by atoms with Gasteiger partial charge in [-0.1, -0.05) is 12.1 Å². The number of phenolic OH excluding ortho intramolecular Hbond substituents is 1. The van der Waals surface area contributed by atoms with Gasteiger partial charge >= 0.3 is 0 Å². The zero-order valence-electron chi connectivity index (χ0n) is 67.3. The van der Waals surface area contributed by atoms with Crippen molar-refractivity contribution in [3.05, 3.63) is 70.8 Å². The number of fused-ring (bicyclic) bond motifs is 1. The number of H-pyrrole nitrogens is 1. The number of nitrogens with zero attached hydrogens (tertiary/aromatic N) is 11. The number of nitrogens with two attached hydrogens (primary N) is 9. The van der Waals surface area contributed by atoms with Gasteiger partial charge in [0.25, 0.3) is 11.5 Å². The van der Waals surface area contributed by atoms with Gasteiger partial charge in [0, 0.05) is 133 Å². The standard InChI is InChI=1S/C74H111N33O15/c75-37-19-52(65(116)98-47(59(80)111)17-36-7-9-44(108)10-8-36)103(28-37)57(110)34-101(56(109)33-102-35-93-60-58(102)67(118)100-74(85)99-60)16-15-90-61(112)45(5-1-3-11-88-62(113)50-27-86-13-14-87-50)96-63(114)46(97-66(117)53-20-39(77)30-105(53)71(122)55-22-41(79)32-107(55)69(120)49-24-43(26-92-49)95-73(83)84)6-2-4-12-89-64(115)51-18-38(76)29-104(51)70(121)54-21-40(78)31-106(54)68(119)48-23-42(25-91-48)94-72(81)82/h7-10,13-14,27,35,37-43,45-49,51-55,91-92,108H,1-6,11-12,15-26,28-34,75-79H2,(H2,80,111)(H,88,113)(H,89,115)(H,90,112)(H,96,114)(H,97,117)(H,98,116)(H4,81,82,94)(H4,83,84,95)(H3,85,99,100,118)/t37-,38-,39-,40-,41-,42-,43-,45+,46+,47+,48+,49+,51-,52-,53-,54-,55-/m1/s1. The monoisotopic (exact) mass is 1700 g/mol. The zero-order valence-corrected chi connectivity index (χ0v) is 67.3. The first-order valence-corrected chi connectivity index (χ1v) is 40.7. The number of hydrogen-bond donors (Lipinski definition) is 23. The number of aromatic hydroxyl groups is 1. The Kier molecular flexibility index (Phi) is 30.2. The van der Waals surface area contributed by atoms with Crippen LogP contribution >= 0.6 is 0 Å². The van der Waals surface area contributed by atoms with E-state index in [-0.39, 0.29) is 201 Å². The summed E-state index contributed by atoms with van der Waals surface area (Å²) < 4.78 is 1.16. The Hall–Kier alpha value is -12.4. The van der Waals surface area contributed by atoms with Crippen LogP contribution in [0.1, 0.15) is 99.5 Å². The Morgan fingerprint density at radius 2 is 1.05 bits per heavy atom. The molecule has 0 aliphatic carbocycles. The van der Waals surface area contributed by atoms with E-state index in [1.807, 2.05) is 0 Å². The van der Waals surface area contributed by atoms with Crippen LogP contribution in [0.5, 0.6) is 5.75 Å². The van der Waals surface area contributed by atoms with E-state index >= 15 is 9.59 Å². The van der Waals surface area contributed by atoms with E-state index in [4.69, 9.17) is 62.4 Å². The highest BCUT2D eigenvalue weighted by molar-refractivity contribution is 5.99. The van der Waals surface area contributed by atoms with Crippen LogP contribution < -0.4 is 110 Å². The normalized spacial score (nSPS) is 25.0. The van der Waals surface area contributed by atoms with Gasteiger partial charge in [0.05, 0.1) is 31.2 Å². The summed E-state index contributed by atoms with van der Waals surface area (Å²) in [5.74, 6) is -9.94. The number of nitrogens with one attached hydrogen (secondary N) is 13. The Morgan fingerprint density at radius 1 is 0.557 bits per heavy atom. The molecule has 48 nitrogen and oxygen atoms in total. The SMILES string of the molecule is N=C(N)N[C@H]1CN[C@H](C(=O)N2C[C@H](N)C[C@@H]2C(=O)N2C[C@H](N)C[C@@H]2C(=O)NCCCC[C@H](NC(=O)[C@H]2C[C@@H](N)CN2C(=O)[C@H]2C[C@@H](N)CN2C(=O)[C@@H]2C[C@@H](NC(=N)N)CN2)C(=O)N[C@@H](CCCCNC(=O)c2cnccn2)C(=O)NCCN(CC(=O)N2C[C@H](N)C[C@@H]2C(=O)N[C@@H](Cc2ccc(O)cc2)C(N)=O)C(=O)Cn2cnc3nc(N)[nH]c(=O)c32)C1. The molecule has 1 aromatic carbocycles. The van der Waals surface area contributed by atoms with Crippen LogP contribution in [0.3, 0.4) is 0 Å². The van der Waals surface area contributed by atoms with Gasteiger partial charge < -0.3 is 144 Å². The fraction of sp³-hybridized carbons (Fsp3) is 0.595. The number of imidazole rings is 1. The van der Waals surface area contributed by atoms with E-state index in [0.29, 0.717) is 12.1 Å². The van der Waals surface area contributed by atoms with Crippen LogP contribution in [-0.4, -0.2) is 334 Å². The first kappa shape index (κ1) is 90.4. The highest BCUT2D eigenvalue weighted by atomic mass is 16.3. The Balaban J connectivity index is 0.818. The third-order valence-corrected chi connectivity index (χ3v) is 22.9. The fourth-order valence-electron chi connectivity index (χ4n) is 16.9. The molecule has 0 radical (unpaired) electrons. The lowest BCUT2D eigenvalue weighted by atomic mass is 10.0. The summed E-state index contributed by atoms with van der Waals surface area (Å²) in [5, 5.41) is 53.6. The van der Waals surface area contributed by atoms with Crippen molar-refractivity contribution in [1.29, 1.82) is 10.8 Å². The average molecular weight is 1700 g/mol. The maximum absolute atomic E-state index is 15.3. The van der Waals surface area contributed by atoms with E-state index in [0.717, 1.165) is 20.7 Å². The summed E-state index contributed by atoms with van der Waals surface area (Å²) >= 11 is 0. The number of carbonyl (C=O) groups excluding carboxylic acids is 13. The Bertz CT molecular complexity index is 4600. The molecule has 662 valence electrons. The van der Waals surface area contributed by atoms with Gasteiger partial charge in [-0.2, -0.15) is 4.98 Å². The van der Waals surface area contributed by atoms with E-state index in [9.17, 15) is 62.6 Å². The van der Waals surface area contributed by atoms with Crippen molar-refractivity contribution in [2.75, 3.05) is 84.3 Å².